The Morgan fingerprint density at radius 3 is 2.95 bits per heavy atom. The Labute approximate surface area is 109 Å². The molecule has 0 unspecified atom stereocenters. The van der Waals surface area contributed by atoms with Crippen molar-refractivity contribution in [2.75, 3.05) is 5.32 Å². The lowest BCUT2D eigenvalue weighted by atomic mass is 10.3. The molecule has 5 N–H and O–H groups in total. The fraction of sp³-hybridized carbons (Fsp3) is 0.0833. The van der Waals surface area contributed by atoms with Crippen LogP contribution in [-0.2, 0) is 6.54 Å². The van der Waals surface area contributed by atoms with Gasteiger partial charge in [-0.25, -0.2) is 4.79 Å². The fourth-order valence-electron chi connectivity index (χ4n) is 1.52. The summed E-state index contributed by atoms with van der Waals surface area (Å²) in [5, 5.41) is 5.10. The largest absolute Gasteiger partial charge is 0.355 e. The summed E-state index contributed by atoms with van der Waals surface area (Å²) in [4.78, 5) is 29.2. The SMILES string of the molecule is NC(=O)Nc1c[nH]c(C(=O)NCc2cccnc2)c1. The minimum absolute atomic E-state index is 0.277. The molecule has 0 aliphatic carbocycles. The van der Waals surface area contributed by atoms with E-state index in [1.165, 1.54) is 12.3 Å². The van der Waals surface area contributed by atoms with Crippen LogP contribution >= 0.6 is 0 Å². The van der Waals surface area contributed by atoms with Crippen molar-refractivity contribution in [2.24, 2.45) is 5.73 Å². The Bertz CT molecular complexity index is 579. The van der Waals surface area contributed by atoms with Crippen LogP contribution in [0.4, 0.5) is 10.5 Å². The van der Waals surface area contributed by atoms with Crippen LogP contribution in [0.3, 0.4) is 0 Å². The van der Waals surface area contributed by atoms with Crippen LogP contribution in [0.5, 0.6) is 0 Å². The van der Waals surface area contributed by atoms with Crippen LogP contribution in [0.2, 0.25) is 0 Å². The zero-order chi connectivity index (χ0) is 13.7. The molecule has 3 amide bonds. The smallest absolute Gasteiger partial charge is 0.316 e. The van der Waals surface area contributed by atoms with E-state index in [9.17, 15) is 9.59 Å². The van der Waals surface area contributed by atoms with Crippen LogP contribution in [0.15, 0.2) is 36.8 Å². The summed E-state index contributed by atoms with van der Waals surface area (Å²) in [6.07, 6.45) is 4.83. The van der Waals surface area contributed by atoms with Gasteiger partial charge in [-0.15, -0.1) is 0 Å². The van der Waals surface area contributed by atoms with Gasteiger partial charge < -0.3 is 21.4 Å². The molecule has 0 spiro atoms. The number of aromatic amines is 1. The number of carbonyl (C=O) groups excluding carboxylic acids is 2. The van der Waals surface area contributed by atoms with Gasteiger partial charge in [0.15, 0.2) is 0 Å². The van der Waals surface area contributed by atoms with Crippen LogP contribution in [-0.4, -0.2) is 21.9 Å². The second-order valence-electron chi connectivity index (χ2n) is 3.84. The second kappa shape index (κ2) is 5.67. The van der Waals surface area contributed by atoms with E-state index in [0.717, 1.165) is 5.56 Å². The van der Waals surface area contributed by atoms with Gasteiger partial charge in [-0.3, -0.25) is 9.78 Å². The van der Waals surface area contributed by atoms with E-state index in [0.29, 0.717) is 17.9 Å². The van der Waals surface area contributed by atoms with E-state index in [1.54, 1.807) is 18.5 Å². The van der Waals surface area contributed by atoms with Gasteiger partial charge in [0, 0.05) is 25.1 Å². The number of H-pyrrole nitrogens is 1. The molecule has 2 aromatic heterocycles. The minimum Gasteiger partial charge on any atom is -0.355 e. The monoisotopic (exact) mass is 259 g/mol. The maximum Gasteiger partial charge on any atom is 0.316 e. The lowest BCUT2D eigenvalue weighted by molar-refractivity contribution is 0.0946. The highest BCUT2D eigenvalue weighted by Crippen LogP contribution is 2.09. The lowest BCUT2D eigenvalue weighted by Gasteiger charge is -2.02. The molecule has 0 aliphatic rings. The van der Waals surface area contributed by atoms with Crippen molar-refractivity contribution in [1.29, 1.82) is 0 Å². The maximum atomic E-state index is 11.8. The summed E-state index contributed by atoms with van der Waals surface area (Å²) in [6, 6.07) is 4.48. The molecule has 98 valence electrons. The summed E-state index contributed by atoms with van der Waals surface area (Å²) >= 11 is 0. The van der Waals surface area contributed by atoms with Gasteiger partial charge >= 0.3 is 6.03 Å². The molecule has 0 radical (unpaired) electrons. The Balaban J connectivity index is 1.93. The van der Waals surface area contributed by atoms with Gasteiger partial charge in [0.1, 0.15) is 5.69 Å². The van der Waals surface area contributed by atoms with Gasteiger partial charge in [-0.05, 0) is 17.7 Å². The highest BCUT2D eigenvalue weighted by atomic mass is 16.2. The lowest BCUT2D eigenvalue weighted by Crippen LogP contribution is -2.23. The predicted molar refractivity (Wildman–Crippen MR) is 69.4 cm³/mol. The number of aromatic nitrogens is 2. The number of anilines is 1. The highest BCUT2D eigenvalue weighted by molar-refractivity contribution is 5.95. The number of amides is 3. The van der Waals surface area contributed by atoms with Crippen LogP contribution in [0.1, 0.15) is 16.1 Å². The molecule has 0 aliphatic heterocycles. The molecular weight excluding hydrogens is 246 g/mol. The Kier molecular flexibility index (Phi) is 3.77. The zero-order valence-electron chi connectivity index (χ0n) is 10.0. The molecule has 2 rings (SSSR count). The summed E-state index contributed by atoms with van der Waals surface area (Å²) < 4.78 is 0. The van der Waals surface area contributed by atoms with Crippen molar-refractivity contribution < 1.29 is 9.59 Å². The molecule has 2 aromatic rings. The molecule has 19 heavy (non-hydrogen) atoms. The minimum atomic E-state index is -0.679. The number of pyridine rings is 1. The number of rotatable bonds is 4. The van der Waals surface area contributed by atoms with Crippen molar-refractivity contribution in [3.63, 3.8) is 0 Å². The number of nitrogens with two attached hydrogens (primary N) is 1. The van der Waals surface area contributed by atoms with Crippen LogP contribution in [0, 0.1) is 0 Å². The molecule has 2 heterocycles. The number of hydrogen-bond donors (Lipinski definition) is 4. The normalized spacial score (nSPS) is 9.89. The first-order valence-corrected chi connectivity index (χ1v) is 5.57. The average molecular weight is 259 g/mol. The topological polar surface area (TPSA) is 113 Å². The van der Waals surface area contributed by atoms with Crippen molar-refractivity contribution >= 4 is 17.6 Å². The molecule has 0 atom stereocenters. The molecule has 0 aromatic carbocycles. The molecule has 0 bridgehead atoms. The Morgan fingerprint density at radius 2 is 2.26 bits per heavy atom. The standard InChI is InChI=1S/C12H13N5O2/c13-12(19)17-9-4-10(15-7-9)11(18)16-6-8-2-1-3-14-5-8/h1-5,7,15H,6H2,(H,16,18)(H3,13,17,19). The quantitative estimate of drug-likeness (QED) is 0.652. The zero-order valence-corrected chi connectivity index (χ0v) is 10.0. The Hall–Kier alpha value is -2.83. The first-order chi connectivity index (χ1) is 9.15. The van der Waals surface area contributed by atoms with E-state index in [2.05, 4.69) is 20.6 Å². The third-order valence-corrected chi connectivity index (χ3v) is 2.37. The van der Waals surface area contributed by atoms with Crippen molar-refractivity contribution in [1.82, 2.24) is 15.3 Å². The van der Waals surface area contributed by atoms with Gasteiger partial charge in [-0.2, -0.15) is 0 Å². The predicted octanol–water partition coefficient (Wildman–Crippen LogP) is 0.830. The van der Waals surface area contributed by atoms with E-state index in [-0.39, 0.29) is 5.91 Å². The molecule has 0 fully saturated rings. The molecule has 0 saturated heterocycles. The highest BCUT2D eigenvalue weighted by Gasteiger charge is 2.08. The van der Waals surface area contributed by atoms with Gasteiger partial charge in [0.25, 0.3) is 5.91 Å². The van der Waals surface area contributed by atoms with E-state index >= 15 is 0 Å². The van der Waals surface area contributed by atoms with Gasteiger partial charge in [-0.1, -0.05) is 6.07 Å². The third-order valence-electron chi connectivity index (χ3n) is 2.37. The number of urea groups is 1. The maximum absolute atomic E-state index is 11.8. The van der Waals surface area contributed by atoms with Crippen molar-refractivity contribution in [2.45, 2.75) is 6.54 Å². The van der Waals surface area contributed by atoms with Crippen LogP contribution < -0.4 is 16.4 Å². The molecule has 7 nitrogen and oxygen atoms in total. The summed E-state index contributed by atoms with van der Waals surface area (Å²) in [5.41, 5.74) is 6.66. The second-order valence-corrected chi connectivity index (χ2v) is 3.84. The number of primary amides is 1. The summed E-state index contributed by atoms with van der Waals surface area (Å²) in [5.74, 6) is -0.277. The number of carbonyl (C=O) groups is 2. The van der Waals surface area contributed by atoms with Crippen LogP contribution in [0.25, 0.3) is 0 Å². The van der Waals surface area contributed by atoms with E-state index in [1.807, 2.05) is 6.07 Å². The fourth-order valence-corrected chi connectivity index (χ4v) is 1.52. The average Bonchev–Trinajstić information content (AvgIpc) is 2.85. The molecular formula is C12H13N5O2. The summed E-state index contributed by atoms with van der Waals surface area (Å²) in [6.45, 7) is 0.379. The first kappa shape index (κ1) is 12.6. The third kappa shape index (κ3) is 3.56. The van der Waals surface area contributed by atoms with Gasteiger partial charge in [0.05, 0.1) is 5.69 Å². The number of nitrogens with zero attached hydrogens (tertiary/aromatic N) is 1. The van der Waals surface area contributed by atoms with Crippen molar-refractivity contribution in [3.8, 4) is 0 Å². The van der Waals surface area contributed by atoms with Gasteiger partial charge in [0.2, 0.25) is 0 Å². The number of nitrogens with one attached hydrogen (secondary N) is 3. The summed E-state index contributed by atoms with van der Waals surface area (Å²) in [7, 11) is 0. The van der Waals surface area contributed by atoms with E-state index < -0.39 is 6.03 Å². The Morgan fingerprint density at radius 1 is 1.42 bits per heavy atom. The first-order valence-electron chi connectivity index (χ1n) is 5.57. The van der Waals surface area contributed by atoms with Crippen molar-refractivity contribution in [3.05, 3.63) is 48.0 Å². The van der Waals surface area contributed by atoms with E-state index in [4.69, 9.17) is 5.73 Å². The number of hydrogen-bond acceptors (Lipinski definition) is 3. The molecule has 0 saturated carbocycles. The molecule has 7 heteroatoms.